The van der Waals surface area contributed by atoms with Gasteiger partial charge in [0.25, 0.3) is 0 Å². The molecule has 3 rings (SSSR count). The number of hydrogen-bond acceptors (Lipinski definition) is 7. The van der Waals surface area contributed by atoms with E-state index in [-0.39, 0.29) is 12.1 Å². The maximum absolute atomic E-state index is 6.05. The molecule has 0 saturated carbocycles. The van der Waals surface area contributed by atoms with Crippen molar-refractivity contribution in [2.45, 2.75) is 37.5 Å². The largest absolute Gasteiger partial charge is 0.367 e. The summed E-state index contributed by atoms with van der Waals surface area (Å²) in [6.45, 7) is 2.79. The van der Waals surface area contributed by atoms with E-state index < -0.39 is 0 Å². The number of aromatic nitrogens is 2. The number of nitrogens with zero attached hydrogens (tertiary/aromatic N) is 3. The van der Waals surface area contributed by atoms with Crippen molar-refractivity contribution in [1.82, 2.24) is 15.0 Å². The lowest BCUT2D eigenvalue weighted by Crippen LogP contribution is -2.42. The third kappa shape index (κ3) is 3.00. The molecule has 20 heavy (non-hydrogen) atoms. The Kier molecular flexibility index (Phi) is 4.60. The van der Waals surface area contributed by atoms with Crippen LogP contribution >= 0.6 is 11.8 Å². The van der Waals surface area contributed by atoms with E-state index in [0.29, 0.717) is 17.8 Å². The maximum Gasteiger partial charge on any atom is 0.243 e. The van der Waals surface area contributed by atoms with Crippen LogP contribution in [0.4, 0.5) is 0 Å². The van der Waals surface area contributed by atoms with E-state index in [0.717, 1.165) is 31.9 Å². The Balaban J connectivity index is 1.61. The number of thioether (sulfide) groups is 1. The first-order valence-corrected chi connectivity index (χ1v) is 8.61. The number of ether oxygens (including phenoxy) is 1. The number of hydrogen-bond donors (Lipinski definition) is 1. The third-order valence-corrected chi connectivity index (χ3v) is 4.73. The lowest BCUT2D eigenvalue weighted by atomic mass is 10.2. The van der Waals surface area contributed by atoms with Crippen molar-refractivity contribution in [2.75, 3.05) is 31.7 Å². The van der Waals surface area contributed by atoms with Crippen molar-refractivity contribution < 1.29 is 9.26 Å². The predicted octanol–water partition coefficient (Wildman–Crippen LogP) is 1.36. The quantitative estimate of drug-likeness (QED) is 0.879. The standard InChI is InChI=1S/C13H22N4O2S/c1-20-6-4-10(14)13-15-12(16-19-13)11-7-17-5-2-3-9(17)8-18-11/h9-11H,2-8,14H2,1H3/t9?,10-,11?/m1/s1. The van der Waals surface area contributed by atoms with E-state index in [9.17, 15) is 0 Å². The van der Waals surface area contributed by atoms with Crippen LogP contribution < -0.4 is 5.73 Å². The normalized spacial score (nSPS) is 28.5. The summed E-state index contributed by atoms with van der Waals surface area (Å²) in [7, 11) is 0. The Bertz CT molecular complexity index is 442. The van der Waals surface area contributed by atoms with E-state index >= 15 is 0 Å². The summed E-state index contributed by atoms with van der Waals surface area (Å²) in [6.07, 6.45) is 5.34. The van der Waals surface area contributed by atoms with Gasteiger partial charge in [-0.1, -0.05) is 5.16 Å². The Labute approximate surface area is 123 Å². The average molecular weight is 298 g/mol. The molecule has 6 nitrogen and oxygen atoms in total. The molecular formula is C13H22N4O2S. The van der Waals surface area contributed by atoms with Crippen molar-refractivity contribution in [3.8, 4) is 0 Å². The van der Waals surface area contributed by atoms with E-state index in [4.69, 9.17) is 15.0 Å². The summed E-state index contributed by atoms with van der Waals surface area (Å²) < 4.78 is 11.2. The minimum Gasteiger partial charge on any atom is -0.367 e. The molecule has 2 aliphatic rings. The van der Waals surface area contributed by atoms with Gasteiger partial charge >= 0.3 is 0 Å². The van der Waals surface area contributed by atoms with Crippen LogP contribution in [-0.2, 0) is 4.74 Å². The first-order valence-electron chi connectivity index (χ1n) is 7.21. The molecule has 1 aromatic rings. The van der Waals surface area contributed by atoms with Gasteiger partial charge in [-0.25, -0.2) is 0 Å². The number of morpholine rings is 1. The summed E-state index contributed by atoms with van der Waals surface area (Å²) in [5, 5.41) is 4.06. The SMILES string of the molecule is CSCC[C@@H](N)c1nc(C2CN3CCCC3CO2)no1. The van der Waals surface area contributed by atoms with Crippen molar-refractivity contribution in [2.24, 2.45) is 5.73 Å². The fourth-order valence-corrected chi connectivity index (χ4v) is 3.36. The summed E-state index contributed by atoms with van der Waals surface area (Å²) in [4.78, 5) is 6.91. The number of nitrogens with two attached hydrogens (primary N) is 1. The van der Waals surface area contributed by atoms with Gasteiger partial charge in [-0.3, -0.25) is 4.90 Å². The van der Waals surface area contributed by atoms with Crippen LogP contribution in [0.25, 0.3) is 0 Å². The molecule has 3 heterocycles. The van der Waals surface area contributed by atoms with Crippen LogP contribution in [0.2, 0.25) is 0 Å². The zero-order valence-electron chi connectivity index (χ0n) is 11.8. The van der Waals surface area contributed by atoms with Gasteiger partial charge in [0.15, 0.2) is 0 Å². The van der Waals surface area contributed by atoms with Gasteiger partial charge in [0.2, 0.25) is 11.7 Å². The molecule has 0 amide bonds. The molecule has 2 fully saturated rings. The molecule has 0 aliphatic carbocycles. The molecule has 2 unspecified atom stereocenters. The molecule has 112 valence electrons. The van der Waals surface area contributed by atoms with Gasteiger partial charge in [0, 0.05) is 12.6 Å². The molecule has 0 radical (unpaired) electrons. The smallest absolute Gasteiger partial charge is 0.243 e. The molecule has 2 N–H and O–H groups in total. The minimum atomic E-state index is -0.174. The molecule has 0 bridgehead atoms. The molecule has 0 spiro atoms. The summed E-state index contributed by atoms with van der Waals surface area (Å²) in [6, 6.07) is 0.410. The van der Waals surface area contributed by atoms with Crippen LogP contribution in [0, 0.1) is 0 Å². The molecule has 3 atom stereocenters. The first-order chi connectivity index (χ1) is 9.78. The highest BCUT2D eigenvalue weighted by Gasteiger charge is 2.35. The van der Waals surface area contributed by atoms with Crippen LogP contribution in [0.5, 0.6) is 0 Å². The lowest BCUT2D eigenvalue weighted by Gasteiger charge is -2.33. The molecule has 2 aliphatic heterocycles. The zero-order valence-corrected chi connectivity index (χ0v) is 12.6. The fourth-order valence-electron chi connectivity index (χ4n) is 2.87. The Morgan fingerprint density at radius 1 is 1.55 bits per heavy atom. The van der Waals surface area contributed by atoms with E-state index in [1.54, 1.807) is 11.8 Å². The second-order valence-electron chi connectivity index (χ2n) is 5.49. The van der Waals surface area contributed by atoms with Crippen molar-refractivity contribution in [1.29, 1.82) is 0 Å². The van der Waals surface area contributed by atoms with Gasteiger partial charge in [-0.05, 0) is 37.8 Å². The highest BCUT2D eigenvalue weighted by Crippen LogP contribution is 2.29. The summed E-state index contributed by atoms with van der Waals surface area (Å²) in [5.41, 5.74) is 6.05. The summed E-state index contributed by atoms with van der Waals surface area (Å²) in [5.74, 6) is 2.17. The minimum absolute atomic E-state index is 0.0744. The highest BCUT2D eigenvalue weighted by atomic mass is 32.2. The second kappa shape index (κ2) is 6.43. The van der Waals surface area contributed by atoms with Gasteiger partial charge in [0.1, 0.15) is 6.10 Å². The topological polar surface area (TPSA) is 77.4 Å². The molecular weight excluding hydrogens is 276 g/mol. The van der Waals surface area contributed by atoms with Crippen molar-refractivity contribution in [3.05, 3.63) is 11.7 Å². The zero-order chi connectivity index (χ0) is 13.9. The molecule has 2 saturated heterocycles. The van der Waals surface area contributed by atoms with Crippen LogP contribution in [0.15, 0.2) is 4.52 Å². The van der Waals surface area contributed by atoms with E-state index in [1.807, 2.05) is 0 Å². The van der Waals surface area contributed by atoms with Crippen molar-refractivity contribution >= 4 is 11.8 Å². The van der Waals surface area contributed by atoms with Gasteiger partial charge < -0.3 is 15.0 Å². The van der Waals surface area contributed by atoms with Crippen LogP contribution in [0.1, 0.15) is 43.1 Å². The Hall–Kier alpha value is -0.630. The fraction of sp³-hybridized carbons (Fsp3) is 0.846. The molecule has 7 heteroatoms. The maximum atomic E-state index is 6.05. The van der Waals surface area contributed by atoms with E-state index in [1.165, 1.54) is 12.8 Å². The highest BCUT2D eigenvalue weighted by molar-refractivity contribution is 7.98. The number of rotatable bonds is 5. The first kappa shape index (κ1) is 14.3. The van der Waals surface area contributed by atoms with Gasteiger partial charge in [0.05, 0.1) is 12.6 Å². The van der Waals surface area contributed by atoms with Gasteiger partial charge in [-0.2, -0.15) is 16.7 Å². The monoisotopic (exact) mass is 298 g/mol. The molecule has 0 aromatic carbocycles. The van der Waals surface area contributed by atoms with E-state index in [2.05, 4.69) is 21.3 Å². The van der Waals surface area contributed by atoms with Crippen LogP contribution in [-0.4, -0.2) is 52.8 Å². The Morgan fingerprint density at radius 2 is 2.45 bits per heavy atom. The van der Waals surface area contributed by atoms with Gasteiger partial charge in [-0.15, -0.1) is 0 Å². The van der Waals surface area contributed by atoms with Crippen LogP contribution in [0.3, 0.4) is 0 Å². The average Bonchev–Trinajstić information content (AvgIpc) is 3.12. The third-order valence-electron chi connectivity index (χ3n) is 4.08. The lowest BCUT2D eigenvalue weighted by molar-refractivity contribution is -0.0548. The molecule has 1 aromatic heterocycles. The summed E-state index contributed by atoms with van der Waals surface area (Å²) >= 11 is 1.77. The van der Waals surface area contributed by atoms with Crippen molar-refractivity contribution in [3.63, 3.8) is 0 Å². The number of fused-ring (bicyclic) bond motifs is 1. The Morgan fingerprint density at radius 3 is 3.30 bits per heavy atom. The second-order valence-corrected chi connectivity index (χ2v) is 6.48. The predicted molar refractivity (Wildman–Crippen MR) is 77.5 cm³/mol.